The summed E-state index contributed by atoms with van der Waals surface area (Å²) in [7, 11) is 0. The lowest BCUT2D eigenvalue weighted by atomic mass is 9.72. The Morgan fingerprint density at radius 3 is 2.29 bits per heavy atom. The van der Waals surface area contributed by atoms with E-state index >= 15 is 0 Å². The molecule has 1 amide bonds. The first-order chi connectivity index (χ1) is 10.2. The number of likely N-dealkylation sites (tertiary alicyclic amines) is 1. The van der Waals surface area contributed by atoms with Crippen molar-refractivity contribution in [1.82, 2.24) is 4.90 Å². The van der Waals surface area contributed by atoms with Crippen molar-refractivity contribution < 1.29 is 9.53 Å². The van der Waals surface area contributed by atoms with Gasteiger partial charge in [-0.1, -0.05) is 23.7 Å². The largest absolute Gasteiger partial charge is 0.381 e. The average molecular weight is 308 g/mol. The summed E-state index contributed by atoms with van der Waals surface area (Å²) in [4.78, 5) is 15.3. The number of amides is 1. The van der Waals surface area contributed by atoms with Gasteiger partial charge >= 0.3 is 0 Å². The molecule has 21 heavy (non-hydrogen) atoms. The lowest BCUT2D eigenvalue weighted by molar-refractivity contribution is -0.142. The Labute approximate surface area is 131 Å². The number of rotatable bonds is 2. The molecule has 3 rings (SSSR count). The molecule has 2 aliphatic heterocycles. The fourth-order valence-electron chi connectivity index (χ4n) is 3.51. The van der Waals surface area contributed by atoms with Gasteiger partial charge in [-0.25, -0.2) is 0 Å². The first kappa shape index (κ1) is 14.9. The molecule has 2 saturated heterocycles. The highest BCUT2D eigenvalue weighted by Gasteiger charge is 2.44. The molecule has 0 saturated carbocycles. The second-order valence-electron chi connectivity index (χ2n) is 6.05. The van der Waals surface area contributed by atoms with Crippen LogP contribution in [-0.2, 0) is 14.9 Å². The fraction of sp³-hybridized carbons (Fsp3) is 0.588. The maximum absolute atomic E-state index is 13.2. The minimum absolute atomic E-state index is 0.285. The number of hydrogen-bond acceptors (Lipinski definition) is 2. The van der Waals surface area contributed by atoms with Crippen molar-refractivity contribution in [2.45, 2.75) is 37.5 Å². The van der Waals surface area contributed by atoms with Crippen LogP contribution in [0.5, 0.6) is 0 Å². The van der Waals surface area contributed by atoms with Gasteiger partial charge in [-0.05, 0) is 49.8 Å². The number of piperidine rings is 1. The molecule has 0 N–H and O–H groups in total. The number of nitrogens with zero attached hydrogens (tertiary/aromatic N) is 1. The molecule has 3 nitrogen and oxygen atoms in total. The van der Waals surface area contributed by atoms with E-state index < -0.39 is 5.41 Å². The summed E-state index contributed by atoms with van der Waals surface area (Å²) in [5, 5.41) is 0.714. The van der Waals surface area contributed by atoms with Crippen LogP contribution in [0.4, 0.5) is 0 Å². The first-order valence-corrected chi connectivity index (χ1v) is 8.23. The SMILES string of the molecule is O=C(N1CCCCC1)C1(c2ccc(Cl)cc2)CCOCC1. The van der Waals surface area contributed by atoms with Crippen LogP contribution in [0.1, 0.15) is 37.7 Å². The molecule has 0 unspecified atom stereocenters. The zero-order valence-corrected chi connectivity index (χ0v) is 13.1. The second kappa shape index (κ2) is 6.37. The fourth-order valence-corrected chi connectivity index (χ4v) is 3.64. The normalized spacial score (nSPS) is 22.0. The maximum atomic E-state index is 13.2. The van der Waals surface area contributed by atoms with Crippen molar-refractivity contribution >= 4 is 17.5 Å². The maximum Gasteiger partial charge on any atom is 0.233 e. The van der Waals surface area contributed by atoms with E-state index in [0.29, 0.717) is 18.2 Å². The zero-order chi connectivity index (χ0) is 14.7. The van der Waals surface area contributed by atoms with E-state index in [1.165, 1.54) is 6.42 Å². The topological polar surface area (TPSA) is 29.5 Å². The minimum Gasteiger partial charge on any atom is -0.381 e. The van der Waals surface area contributed by atoms with Crippen LogP contribution >= 0.6 is 11.6 Å². The summed E-state index contributed by atoms with van der Waals surface area (Å²) < 4.78 is 5.51. The van der Waals surface area contributed by atoms with E-state index in [2.05, 4.69) is 4.90 Å². The Morgan fingerprint density at radius 2 is 1.67 bits per heavy atom. The van der Waals surface area contributed by atoms with E-state index in [1.807, 2.05) is 24.3 Å². The van der Waals surface area contributed by atoms with Crippen molar-refractivity contribution in [3.63, 3.8) is 0 Å². The highest BCUT2D eigenvalue weighted by molar-refractivity contribution is 6.30. The molecule has 0 spiro atoms. The van der Waals surface area contributed by atoms with Gasteiger partial charge in [-0.2, -0.15) is 0 Å². The van der Waals surface area contributed by atoms with Gasteiger partial charge in [0.2, 0.25) is 5.91 Å². The van der Waals surface area contributed by atoms with Gasteiger partial charge in [0.25, 0.3) is 0 Å². The summed E-state index contributed by atoms with van der Waals surface area (Å²) in [6.45, 7) is 3.11. The van der Waals surface area contributed by atoms with Crippen LogP contribution in [0.3, 0.4) is 0 Å². The molecule has 114 valence electrons. The average Bonchev–Trinajstić information content (AvgIpc) is 2.56. The van der Waals surface area contributed by atoms with Crippen LogP contribution in [0, 0.1) is 0 Å². The van der Waals surface area contributed by atoms with Gasteiger partial charge < -0.3 is 9.64 Å². The number of carbonyl (C=O) groups excluding carboxylic acids is 1. The molecule has 0 aliphatic carbocycles. The number of halogens is 1. The molecule has 2 heterocycles. The molecule has 2 fully saturated rings. The van der Waals surface area contributed by atoms with Gasteiger partial charge in [0.05, 0.1) is 5.41 Å². The molecule has 0 atom stereocenters. The third kappa shape index (κ3) is 2.95. The lowest BCUT2D eigenvalue weighted by Gasteiger charge is -2.41. The van der Waals surface area contributed by atoms with Gasteiger partial charge in [-0.15, -0.1) is 0 Å². The Kier molecular flexibility index (Phi) is 4.51. The number of benzene rings is 1. The molecular weight excluding hydrogens is 286 g/mol. The van der Waals surface area contributed by atoms with Gasteiger partial charge in [-0.3, -0.25) is 4.79 Å². The number of carbonyl (C=O) groups is 1. The van der Waals surface area contributed by atoms with E-state index in [9.17, 15) is 4.79 Å². The Balaban J connectivity index is 1.92. The molecule has 0 radical (unpaired) electrons. The highest BCUT2D eigenvalue weighted by atomic mass is 35.5. The molecule has 0 aromatic heterocycles. The summed E-state index contributed by atoms with van der Waals surface area (Å²) >= 11 is 6.00. The molecule has 1 aromatic carbocycles. The highest BCUT2D eigenvalue weighted by Crippen LogP contribution is 2.37. The van der Waals surface area contributed by atoms with E-state index in [1.54, 1.807) is 0 Å². The van der Waals surface area contributed by atoms with Gasteiger partial charge in [0, 0.05) is 31.3 Å². The predicted octanol–water partition coefficient (Wildman–Crippen LogP) is 3.40. The van der Waals surface area contributed by atoms with E-state index in [4.69, 9.17) is 16.3 Å². The zero-order valence-electron chi connectivity index (χ0n) is 12.3. The first-order valence-electron chi connectivity index (χ1n) is 7.85. The van der Waals surface area contributed by atoms with Crippen molar-refractivity contribution in [1.29, 1.82) is 0 Å². The molecule has 0 bridgehead atoms. The molecular formula is C17H22ClNO2. The molecule has 4 heteroatoms. The summed E-state index contributed by atoms with van der Waals surface area (Å²) in [5.74, 6) is 0.285. The van der Waals surface area contributed by atoms with Crippen molar-refractivity contribution in [2.24, 2.45) is 0 Å². The smallest absolute Gasteiger partial charge is 0.233 e. The van der Waals surface area contributed by atoms with Crippen molar-refractivity contribution in [2.75, 3.05) is 26.3 Å². The lowest BCUT2D eigenvalue weighted by Crippen LogP contribution is -2.51. The quantitative estimate of drug-likeness (QED) is 0.838. The van der Waals surface area contributed by atoms with E-state index in [-0.39, 0.29) is 5.91 Å². The summed E-state index contributed by atoms with van der Waals surface area (Å²) in [5.41, 5.74) is 0.672. The monoisotopic (exact) mass is 307 g/mol. The molecule has 1 aromatic rings. The van der Waals surface area contributed by atoms with Crippen LogP contribution in [0.2, 0.25) is 5.02 Å². The summed E-state index contributed by atoms with van der Waals surface area (Å²) in [6, 6.07) is 7.79. The third-order valence-corrected chi connectivity index (χ3v) is 5.05. The van der Waals surface area contributed by atoms with Crippen molar-refractivity contribution in [3.05, 3.63) is 34.9 Å². The molecule has 2 aliphatic rings. The van der Waals surface area contributed by atoms with E-state index in [0.717, 1.165) is 44.3 Å². The standard InChI is InChI=1S/C17H22ClNO2/c18-15-6-4-14(5-7-15)17(8-12-21-13-9-17)16(20)19-10-2-1-3-11-19/h4-7H,1-3,8-13H2. The van der Waals surface area contributed by atoms with Crippen LogP contribution in [0.25, 0.3) is 0 Å². The van der Waals surface area contributed by atoms with Gasteiger partial charge in [0.1, 0.15) is 0 Å². The number of hydrogen-bond donors (Lipinski definition) is 0. The minimum atomic E-state index is -0.416. The second-order valence-corrected chi connectivity index (χ2v) is 6.49. The van der Waals surface area contributed by atoms with Crippen LogP contribution < -0.4 is 0 Å². The van der Waals surface area contributed by atoms with Crippen LogP contribution in [-0.4, -0.2) is 37.1 Å². The Hall–Kier alpha value is -1.06. The Morgan fingerprint density at radius 1 is 1.05 bits per heavy atom. The Bertz CT molecular complexity index is 488. The van der Waals surface area contributed by atoms with Crippen molar-refractivity contribution in [3.8, 4) is 0 Å². The predicted molar refractivity (Wildman–Crippen MR) is 83.6 cm³/mol. The number of ether oxygens (including phenoxy) is 1. The van der Waals surface area contributed by atoms with Gasteiger partial charge in [0.15, 0.2) is 0 Å². The third-order valence-electron chi connectivity index (χ3n) is 4.80. The summed E-state index contributed by atoms with van der Waals surface area (Å²) in [6.07, 6.45) is 5.02. The van der Waals surface area contributed by atoms with Crippen LogP contribution in [0.15, 0.2) is 24.3 Å².